The van der Waals surface area contributed by atoms with Crippen LogP contribution in [0.5, 0.6) is 0 Å². The molecule has 0 bridgehead atoms. The highest BCUT2D eigenvalue weighted by atomic mass is 16.5. The minimum absolute atomic E-state index is 0.496. The lowest BCUT2D eigenvalue weighted by Crippen LogP contribution is -2.37. The summed E-state index contributed by atoms with van der Waals surface area (Å²) < 4.78 is 5.30. The third-order valence-corrected chi connectivity index (χ3v) is 7.15. The van der Waals surface area contributed by atoms with E-state index in [1.165, 1.54) is 96.3 Å². The Morgan fingerprint density at radius 2 is 1.03 bits per heavy atom. The molecule has 6 heteroatoms. The Morgan fingerprint density at radius 1 is 0.594 bits per heavy atom. The molecule has 0 spiro atoms. The maximum absolute atomic E-state index is 5.30. The number of rotatable bonds is 6. The second kappa shape index (κ2) is 16.3. The Morgan fingerprint density at radius 3 is 1.50 bits per heavy atom. The number of nitrogens with zero attached hydrogens (tertiary/aromatic N) is 5. The van der Waals surface area contributed by atoms with Gasteiger partial charge < -0.3 is 4.74 Å². The number of hydrogen-bond donors (Lipinski definition) is 0. The minimum Gasteiger partial charge on any atom is -0.379 e. The van der Waals surface area contributed by atoms with Crippen molar-refractivity contribution in [2.75, 3.05) is 39.4 Å². The number of aliphatic imine (C=N–C) groups is 4. The summed E-state index contributed by atoms with van der Waals surface area (Å²) in [5.74, 6) is 0. The maximum atomic E-state index is 5.30. The fourth-order valence-corrected chi connectivity index (χ4v) is 5.02. The van der Waals surface area contributed by atoms with E-state index in [1.807, 2.05) is 0 Å². The molecule has 0 aromatic carbocycles. The van der Waals surface area contributed by atoms with E-state index in [9.17, 15) is 0 Å². The van der Waals surface area contributed by atoms with E-state index in [-0.39, 0.29) is 0 Å². The molecule has 0 radical (unpaired) electrons. The Kier molecular flexibility index (Phi) is 12.9. The van der Waals surface area contributed by atoms with Gasteiger partial charge in [0.15, 0.2) is 0 Å². The summed E-state index contributed by atoms with van der Waals surface area (Å²) in [6, 6.07) is 7.42. The lowest BCUT2D eigenvalue weighted by atomic mass is 9.96. The van der Waals surface area contributed by atoms with Crippen LogP contribution in [0.3, 0.4) is 0 Å². The van der Waals surface area contributed by atoms with Crippen LogP contribution in [-0.2, 0) is 4.74 Å². The Balaban J connectivity index is 0.000000182. The summed E-state index contributed by atoms with van der Waals surface area (Å²) in [6.45, 7) is 5.62. The highest BCUT2D eigenvalue weighted by molar-refractivity contribution is 5.42. The first-order valence-corrected chi connectivity index (χ1v) is 13.5. The van der Waals surface area contributed by atoms with Gasteiger partial charge >= 0.3 is 0 Å². The van der Waals surface area contributed by atoms with E-state index in [0.717, 1.165) is 39.4 Å². The van der Waals surface area contributed by atoms with Crippen LogP contribution in [0.1, 0.15) is 96.3 Å². The third kappa shape index (κ3) is 11.0. The van der Waals surface area contributed by atoms with Crippen molar-refractivity contribution in [3.63, 3.8) is 0 Å². The average molecular weight is 444 g/mol. The van der Waals surface area contributed by atoms with Gasteiger partial charge in [-0.15, -0.1) is 0 Å². The van der Waals surface area contributed by atoms with Gasteiger partial charge in [0.05, 0.1) is 49.9 Å². The number of morpholine rings is 1. The normalized spacial score (nSPS) is 23.8. The number of ether oxygens (including phenoxy) is 1. The fourth-order valence-electron chi connectivity index (χ4n) is 5.02. The van der Waals surface area contributed by atoms with E-state index in [4.69, 9.17) is 4.74 Å². The van der Waals surface area contributed by atoms with Crippen LogP contribution in [0.4, 0.5) is 0 Å². The van der Waals surface area contributed by atoms with Crippen molar-refractivity contribution in [3.05, 3.63) is 0 Å². The van der Waals surface area contributed by atoms with Crippen LogP contribution in [0, 0.1) is 0 Å². The van der Waals surface area contributed by atoms with Gasteiger partial charge in [0.2, 0.25) is 0 Å². The SMILES string of the molecule is C(=NC1CCCCC1)=NC1CCCCC1.C(=NCCN1CCOCC1)=NC1CCCCC1. The standard InChI is InChI=1S/C13H23N3O.C13H22N2/c1-2-4-13(5-3-1)15-12-14-6-7-16-8-10-17-11-9-16;1-3-7-12(8-4-1)14-11-15-13-9-5-2-6-10-13/h13H,1-11H2;12-13H,1-10H2. The van der Waals surface area contributed by atoms with Gasteiger partial charge in [0, 0.05) is 19.6 Å². The average Bonchev–Trinajstić information content (AvgIpc) is 2.87. The lowest BCUT2D eigenvalue weighted by molar-refractivity contribution is 0.0395. The molecule has 1 heterocycles. The van der Waals surface area contributed by atoms with Gasteiger partial charge in [-0.05, 0) is 38.5 Å². The second-order valence-corrected chi connectivity index (χ2v) is 9.80. The second-order valence-electron chi connectivity index (χ2n) is 9.80. The van der Waals surface area contributed by atoms with Crippen molar-refractivity contribution in [2.45, 2.75) is 114 Å². The van der Waals surface area contributed by atoms with E-state index in [2.05, 4.69) is 36.9 Å². The predicted octanol–water partition coefficient (Wildman–Crippen LogP) is 5.65. The fraction of sp³-hybridized carbons (Fsp3) is 0.923. The molecule has 0 aromatic rings. The predicted molar refractivity (Wildman–Crippen MR) is 132 cm³/mol. The molecule has 0 N–H and O–H groups in total. The summed E-state index contributed by atoms with van der Waals surface area (Å²) in [4.78, 5) is 20.0. The van der Waals surface area contributed by atoms with Crippen molar-refractivity contribution in [2.24, 2.45) is 20.0 Å². The van der Waals surface area contributed by atoms with Crippen molar-refractivity contribution >= 4 is 12.0 Å². The Bertz CT molecular complexity index is 578. The Labute approximate surface area is 195 Å². The van der Waals surface area contributed by atoms with E-state index in [0.29, 0.717) is 18.1 Å². The smallest absolute Gasteiger partial charge is 0.0898 e. The first-order chi connectivity index (χ1) is 15.9. The Hall–Kier alpha value is -1.32. The van der Waals surface area contributed by atoms with Crippen LogP contribution in [0.15, 0.2) is 20.0 Å². The van der Waals surface area contributed by atoms with Crippen LogP contribution in [-0.4, -0.2) is 74.4 Å². The largest absolute Gasteiger partial charge is 0.379 e. The molecule has 4 rings (SSSR count). The van der Waals surface area contributed by atoms with Crippen molar-refractivity contribution in [1.29, 1.82) is 0 Å². The molecule has 0 aromatic heterocycles. The molecule has 3 saturated carbocycles. The van der Waals surface area contributed by atoms with E-state index in [1.54, 1.807) is 0 Å². The van der Waals surface area contributed by atoms with E-state index < -0.39 is 0 Å². The lowest BCUT2D eigenvalue weighted by Gasteiger charge is -2.25. The minimum atomic E-state index is 0.496. The monoisotopic (exact) mass is 443 g/mol. The van der Waals surface area contributed by atoms with Crippen LogP contribution < -0.4 is 0 Å². The van der Waals surface area contributed by atoms with Crippen LogP contribution >= 0.6 is 0 Å². The summed E-state index contributed by atoms with van der Waals surface area (Å²) in [5.41, 5.74) is 0. The molecule has 0 atom stereocenters. The molecule has 4 aliphatic rings. The molecule has 32 heavy (non-hydrogen) atoms. The maximum Gasteiger partial charge on any atom is 0.0898 e. The first kappa shape index (κ1) is 25.3. The molecule has 1 saturated heterocycles. The topological polar surface area (TPSA) is 61.9 Å². The van der Waals surface area contributed by atoms with Crippen molar-refractivity contribution in [1.82, 2.24) is 4.90 Å². The third-order valence-electron chi connectivity index (χ3n) is 7.15. The quantitative estimate of drug-likeness (QED) is 0.498. The molecule has 0 amide bonds. The van der Waals surface area contributed by atoms with Gasteiger partial charge in [-0.2, -0.15) is 0 Å². The zero-order chi connectivity index (χ0) is 22.1. The highest BCUT2D eigenvalue weighted by Crippen LogP contribution is 2.21. The highest BCUT2D eigenvalue weighted by Gasteiger charge is 2.13. The summed E-state index contributed by atoms with van der Waals surface area (Å²) in [6.07, 6.45) is 19.7. The van der Waals surface area contributed by atoms with Crippen molar-refractivity contribution < 1.29 is 4.74 Å². The zero-order valence-electron chi connectivity index (χ0n) is 20.2. The number of hydrogen-bond acceptors (Lipinski definition) is 6. The van der Waals surface area contributed by atoms with E-state index >= 15 is 0 Å². The molecule has 3 aliphatic carbocycles. The molecule has 4 fully saturated rings. The first-order valence-electron chi connectivity index (χ1n) is 13.5. The van der Waals surface area contributed by atoms with Gasteiger partial charge in [0.1, 0.15) is 0 Å². The van der Waals surface area contributed by atoms with Crippen molar-refractivity contribution in [3.8, 4) is 0 Å². The van der Waals surface area contributed by atoms with Gasteiger partial charge in [-0.25, -0.2) is 20.0 Å². The zero-order valence-corrected chi connectivity index (χ0v) is 20.2. The van der Waals surface area contributed by atoms with Crippen LogP contribution in [0.2, 0.25) is 0 Å². The summed E-state index contributed by atoms with van der Waals surface area (Å²) in [7, 11) is 0. The molecule has 1 aliphatic heterocycles. The van der Waals surface area contributed by atoms with Gasteiger partial charge in [-0.1, -0.05) is 57.8 Å². The molecular formula is C26H45N5O. The molecular weight excluding hydrogens is 398 g/mol. The van der Waals surface area contributed by atoms with Gasteiger partial charge in [0.25, 0.3) is 0 Å². The van der Waals surface area contributed by atoms with Crippen LogP contribution in [0.25, 0.3) is 0 Å². The molecule has 6 nitrogen and oxygen atoms in total. The molecule has 0 unspecified atom stereocenters. The van der Waals surface area contributed by atoms with Gasteiger partial charge in [-0.3, -0.25) is 4.90 Å². The summed E-state index contributed by atoms with van der Waals surface area (Å²) in [5, 5.41) is 0. The summed E-state index contributed by atoms with van der Waals surface area (Å²) >= 11 is 0. The molecule has 180 valence electrons.